The summed E-state index contributed by atoms with van der Waals surface area (Å²) in [7, 11) is -3.65. The summed E-state index contributed by atoms with van der Waals surface area (Å²) in [5, 5.41) is 2.92. The number of benzene rings is 4. The van der Waals surface area contributed by atoms with Gasteiger partial charge >= 0.3 is 0 Å². The number of imidazole rings is 1. The van der Waals surface area contributed by atoms with Crippen molar-refractivity contribution in [2.75, 3.05) is 16.8 Å². The van der Waals surface area contributed by atoms with Gasteiger partial charge in [0.05, 0.1) is 32.2 Å². The third-order valence-electron chi connectivity index (χ3n) is 6.02. The highest BCUT2D eigenvalue weighted by molar-refractivity contribution is 7.92. The Kier molecular flexibility index (Phi) is 4.89. The van der Waals surface area contributed by atoms with Crippen LogP contribution in [0.2, 0.25) is 0 Å². The zero-order chi connectivity index (χ0) is 24.0. The molecular formula is C27H20N4O3S. The number of nitrogens with zero attached hydrogens (tertiary/aromatic N) is 2. The quantitative estimate of drug-likeness (QED) is 0.371. The van der Waals surface area contributed by atoms with Gasteiger partial charge in [0.2, 0.25) is 15.7 Å². The van der Waals surface area contributed by atoms with Crippen molar-refractivity contribution in [3.8, 4) is 11.4 Å². The van der Waals surface area contributed by atoms with Crippen LogP contribution in [0.1, 0.15) is 0 Å². The standard InChI is InChI=1S/C27H20N4O3S/c32-26(28-19-15-13-18(14-16-19)27-29-20-7-1-2-8-21(20)30-27)17-31-22-9-3-5-11-24(22)35(33,34)25-12-6-4-10-23(25)31/h1-16H,17H2,(H,28,32)(H,29,30). The molecule has 1 aromatic heterocycles. The molecule has 1 amide bonds. The maximum absolute atomic E-state index is 13.1. The van der Waals surface area contributed by atoms with Gasteiger partial charge in [0.15, 0.2) is 0 Å². The number of aromatic nitrogens is 2. The van der Waals surface area contributed by atoms with E-state index in [4.69, 9.17) is 0 Å². The van der Waals surface area contributed by atoms with Gasteiger partial charge in [0.25, 0.3) is 0 Å². The van der Waals surface area contributed by atoms with Gasteiger partial charge < -0.3 is 15.2 Å². The van der Waals surface area contributed by atoms with E-state index in [1.165, 1.54) is 0 Å². The normalized spacial score (nSPS) is 13.8. The van der Waals surface area contributed by atoms with Crippen LogP contribution in [0, 0.1) is 0 Å². The largest absolute Gasteiger partial charge is 0.338 e. The van der Waals surface area contributed by atoms with E-state index >= 15 is 0 Å². The summed E-state index contributed by atoms with van der Waals surface area (Å²) < 4.78 is 26.2. The Labute approximate surface area is 202 Å². The van der Waals surface area contributed by atoms with Crippen LogP contribution in [0.5, 0.6) is 0 Å². The number of hydrogen-bond acceptors (Lipinski definition) is 5. The number of fused-ring (bicyclic) bond motifs is 3. The molecule has 2 heterocycles. The Hall–Kier alpha value is -4.43. The number of rotatable bonds is 4. The van der Waals surface area contributed by atoms with Crippen LogP contribution < -0.4 is 10.2 Å². The van der Waals surface area contributed by atoms with Crippen LogP contribution in [0.4, 0.5) is 17.1 Å². The van der Waals surface area contributed by atoms with Gasteiger partial charge in [-0.25, -0.2) is 13.4 Å². The summed E-state index contributed by atoms with van der Waals surface area (Å²) in [5.41, 5.74) is 4.38. The number of anilines is 3. The number of sulfone groups is 1. The number of nitrogens with one attached hydrogen (secondary N) is 2. The van der Waals surface area contributed by atoms with Crippen LogP contribution in [0.15, 0.2) is 107 Å². The third kappa shape index (κ3) is 3.64. The lowest BCUT2D eigenvalue weighted by Gasteiger charge is -2.32. The number of aromatic amines is 1. The molecule has 2 N–H and O–H groups in total. The maximum Gasteiger partial charge on any atom is 0.244 e. The molecule has 0 fully saturated rings. The second-order valence-corrected chi connectivity index (χ2v) is 10.1. The van der Waals surface area contributed by atoms with E-state index in [-0.39, 0.29) is 22.2 Å². The molecule has 1 aliphatic heterocycles. The Balaban J connectivity index is 1.25. The van der Waals surface area contributed by atoms with Crippen LogP contribution in [0.25, 0.3) is 22.4 Å². The van der Waals surface area contributed by atoms with Crippen LogP contribution in [0.3, 0.4) is 0 Å². The topological polar surface area (TPSA) is 95.2 Å². The lowest BCUT2D eigenvalue weighted by Crippen LogP contribution is -2.33. The van der Waals surface area contributed by atoms with Crippen molar-refractivity contribution < 1.29 is 13.2 Å². The van der Waals surface area contributed by atoms with E-state index in [0.717, 1.165) is 22.4 Å². The Morgan fingerprint density at radius 1 is 0.800 bits per heavy atom. The Morgan fingerprint density at radius 2 is 1.40 bits per heavy atom. The number of amides is 1. The highest BCUT2D eigenvalue weighted by Gasteiger charge is 2.34. The molecule has 0 bridgehead atoms. The molecule has 6 rings (SSSR count). The highest BCUT2D eigenvalue weighted by Crippen LogP contribution is 2.43. The summed E-state index contributed by atoms with van der Waals surface area (Å²) in [6.07, 6.45) is 0. The second kappa shape index (κ2) is 8.11. The monoisotopic (exact) mass is 480 g/mol. The SMILES string of the molecule is O=C(CN1c2ccccc2S(=O)(=O)c2ccccc21)Nc1ccc(-c2nc3ccccc3[nH]2)cc1. The van der Waals surface area contributed by atoms with Gasteiger partial charge in [-0.05, 0) is 60.7 Å². The summed E-state index contributed by atoms with van der Waals surface area (Å²) in [5.74, 6) is 0.497. The molecular weight excluding hydrogens is 460 g/mol. The van der Waals surface area contributed by atoms with E-state index in [9.17, 15) is 13.2 Å². The molecule has 4 aromatic carbocycles. The second-order valence-electron chi connectivity index (χ2n) is 8.25. The summed E-state index contributed by atoms with van der Waals surface area (Å²) in [6, 6.07) is 28.8. The number of carbonyl (C=O) groups is 1. The molecule has 0 aliphatic carbocycles. The molecule has 0 saturated carbocycles. The summed E-state index contributed by atoms with van der Waals surface area (Å²) >= 11 is 0. The lowest BCUT2D eigenvalue weighted by atomic mass is 10.2. The first-order valence-corrected chi connectivity index (χ1v) is 12.5. The first-order valence-electron chi connectivity index (χ1n) is 11.1. The summed E-state index contributed by atoms with van der Waals surface area (Å²) in [6.45, 7) is -0.0329. The molecule has 0 spiro atoms. The van der Waals surface area contributed by atoms with Crippen molar-refractivity contribution in [2.45, 2.75) is 9.79 Å². The number of carbonyl (C=O) groups excluding carboxylic acids is 1. The minimum absolute atomic E-state index is 0.0329. The molecule has 0 saturated heterocycles. The minimum Gasteiger partial charge on any atom is -0.338 e. The average Bonchev–Trinajstić information content (AvgIpc) is 3.32. The van der Waals surface area contributed by atoms with Crippen LogP contribution in [-0.2, 0) is 14.6 Å². The van der Waals surface area contributed by atoms with E-state index in [0.29, 0.717) is 17.1 Å². The molecule has 0 radical (unpaired) electrons. The molecule has 0 unspecified atom stereocenters. The van der Waals surface area contributed by atoms with Crippen molar-refractivity contribution in [1.29, 1.82) is 0 Å². The molecule has 35 heavy (non-hydrogen) atoms. The van der Waals surface area contributed by atoms with Crippen molar-refractivity contribution in [2.24, 2.45) is 0 Å². The predicted molar refractivity (Wildman–Crippen MR) is 136 cm³/mol. The van der Waals surface area contributed by atoms with E-state index in [1.54, 1.807) is 53.4 Å². The molecule has 5 aromatic rings. The first-order chi connectivity index (χ1) is 17.0. The predicted octanol–water partition coefficient (Wildman–Crippen LogP) is 5.15. The van der Waals surface area contributed by atoms with Gasteiger partial charge in [-0.3, -0.25) is 4.79 Å². The maximum atomic E-state index is 13.1. The first kappa shape index (κ1) is 21.1. The number of H-pyrrole nitrogens is 1. The van der Waals surface area contributed by atoms with Crippen molar-refractivity contribution >= 4 is 43.8 Å². The van der Waals surface area contributed by atoms with Gasteiger partial charge in [0, 0.05) is 11.3 Å². The van der Waals surface area contributed by atoms with E-state index in [2.05, 4.69) is 15.3 Å². The highest BCUT2D eigenvalue weighted by atomic mass is 32.2. The van der Waals surface area contributed by atoms with Gasteiger partial charge in [0.1, 0.15) is 12.4 Å². The van der Waals surface area contributed by atoms with Crippen molar-refractivity contribution in [3.05, 3.63) is 97.1 Å². The third-order valence-corrected chi connectivity index (χ3v) is 7.87. The fraction of sp³-hybridized carbons (Fsp3) is 0.0370. The zero-order valence-corrected chi connectivity index (χ0v) is 19.3. The van der Waals surface area contributed by atoms with Gasteiger partial charge in [-0.15, -0.1) is 0 Å². The Morgan fingerprint density at radius 3 is 2.06 bits per heavy atom. The van der Waals surface area contributed by atoms with Gasteiger partial charge in [-0.2, -0.15) is 0 Å². The fourth-order valence-electron chi connectivity index (χ4n) is 4.38. The van der Waals surface area contributed by atoms with E-state index < -0.39 is 9.84 Å². The van der Waals surface area contributed by atoms with Gasteiger partial charge in [-0.1, -0.05) is 36.4 Å². The summed E-state index contributed by atoms with van der Waals surface area (Å²) in [4.78, 5) is 23.0. The average molecular weight is 481 g/mol. The molecule has 1 aliphatic rings. The van der Waals surface area contributed by atoms with Crippen molar-refractivity contribution in [1.82, 2.24) is 9.97 Å². The Bertz CT molecular complexity index is 1600. The smallest absolute Gasteiger partial charge is 0.244 e. The van der Waals surface area contributed by atoms with Crippen molar-refractivity contribution in [3.63, 3.8) is 0 Å². The molecule has 0 atom stereocenters. The molecule has 7 nitrogen and oxygen atoms in total. The van der Waals surface area contributed by atoms with Crippen LogP contribution >= 0.6 is 0 Å². The minimum atomic E-state index is -3.65. The lowest BCUT2D eigenvalue weighted by molar-refractivity contribution is -0.114. The zero-order valence-electron chi connectivity index (χ0n) is 18.5. The molecule has 172 valence electrons. The fourth-order valence-corrected chi connectivity index (χ4v) is 6.04. The van der Waals surface area contributed by atoms with Crippen LogP contribution in [-0.4, -0.2) is 30.8 Å². The molecule has 8 heteroatoms. The van der Waals surface area contributed by atoms with E-state index in [1.807, 2.05) is 48.5 Å². The number of para-hydroxylation sites is 4. The number of hydrogen-bond donors (Lipinski definition) is 2.